The van der Waals surface area contributed by atoms with Gasteiger partial charge in [-0.15, -0.1) is 0 Å². The number of para-hydroxylation sites is 1. The molecule has 3 aromatic heterocycles. The molecule has 2 N–H and O–H groups in total. The van der Waals surface area contributed by atoms with Crippen LogP contribution in [0, 0.1) is 20.8 Å². The Labute approximate surface area is 290 Å². The third-order valence-corrected chi connectivity index (χ3v) is 10.3. The van der Waals surface area contributed by atoms with Crippen molar-refractivity contribution in [2.75, 3.05) is 6.61 Å². The first-order valence-corrected chi connectivity index (χ1v) is 17.6. The van der Waals surface area contributed by atoms with Gasteiger partial charge in [0.15, 0.2) is 0 Å². The SMILES string of the molecule is Cc1cc(OCCCc2c(C(=O)NS(=O)(=O)c3ccccc3)[nH]c3c(-c4c(COc5cccnc5)nn(C)c4C)cccc23)cc(C)c1Cl. The second-order valence-corrected chi connectivity index (χ2v) is 13.8. The maximum atomic E-state index is 13.8. The predicted octanol–water partition coefficient (Wildman–Crippen LogP) is 7.25. The van der Waals surface area contributed by atoms with E-state index in [1.165, 1.54) is 12.1 Å². The lowest BCUT2D eigenvalue weighted by molar-refractivity contribution is 0.0976. The Bertz CT molecular complexity index is 2230. The van der Waals surface area contributed by atoms with Crippen LogP contribution < -0.4 is 14.2 Å². The van der Waals surface area contributed by atoms with Gasteiger partial charge in [-0.05, 0) is 86.7 Å². The van der Waals surface area contributed by atoms with Gasteiger partial charge in [-0.2, -0.15) is 5.10 Å². The molecule has 0 fully saturated rings. The van der Waals surface area contributed by atoms with Crippen molar-refractivity contribution < 1.29 is 22.7 Å². The van der Waals surface area contributed by atoms with Gasteiger partial charge in [0, 0.05) is 40.5 Å². The highest BCUT2D eigenvalue weighted by Crippen LogP contribution is 2.36. The summed E-state index contributed by atoms with van der Waals surface area (Å²) in [5.74, 6) is 0.566. The highest BCUT2D eigenvalue weighted by Gasteiger charge is 2.26. The van der Waals surface area contributed by atoms with Gasteiger partial charge in [0.05, 0.1) is 23.2 Å². The summed E-state index contributed by atoms with van der Waals surface area (Å²) in [6.07, 6.45) is 4.31. The van der Waals surface area contributed by atoms with Crippen LogP contribution in [-0.4, -0.2) is 40.7 Å². The molecule has 0 spiro atoms. The fourth-order valence-electron chi connectivity index (χ4n) is 5.91. The van der Waals surface area contributed by atoms with Gasteiger partial charge in [0.25, 0.3) is 15.9 Å². The number of halogens is 1. The number of amides is 1. The van der Waals surface area contributed by atoms with Crippen molar-refractivity contribution in [3.05, 3.63) is 124 Å². The van der Waals surface area contributed by atoms with Gasteiger partial charge < -0.3 is 14.5 Å². The Hall–Kier alpha value is -5.13. The summed E-state index contributed by atoms with van der Waals surface area (Å²) >= 11 is 6.33. The highest BCUT2D eigenvalue weighted by molar-refractivity contribution is 7.90. The standard InChI is InChI=1S/C37H36ClN5O5S/c1-23-19-27(20-24(2)34(23)38)47-18-10-16-30-29-14-8-15-31(33-25(3)43(4)41-32(33)22-48-26-11-9-17-39-21-26)35(29)40-36(30)37(44)42-49(45,46)28-12-6-5-7-13-28/h5-9,11-15,17,19-21,40H,10,16,18,22H2,1-4H3,(H,42,44). The molecule has 1 amide bonds. The molecule has 0 unspecified atom stereocenters. The summed E-state index contributed by atoms with van der Waals surface area (Å²) in [6.45, 7) is 6.39. The molecule has 0 radical (unpaired) electrons. The number of H-pyrrole nitrogens is 1. The summed E-state index contributed by atoms with van der Waals surface area (Å²) in [7, 11) is -2.27. The monoisotopic (exact) mass is 697 g/mol. The Kier molecular flexibility index (Phi) is 9.75. The average molecular weight is 698 g/mol. The van der Waals surface area contributed by atoms with Crippen LogP contribution in [0.15, 0.2) is 90.1 Å². The van der Waals surface area contributed by atoms with Gasteiger partial charge in [-0.25, -0.2) is 13.1 Å². The number of aromatic nitrogens is 4. The number of pyridine rings is 1. The first-order chi connectivity index (χ1) is 23.5. The quantitative estimate of drug-likeness (QED) is 0.129. The van der Waals surface area contributed by atoms with Gasteiger partial charge >= 0.3 is 0 Å². The van der Waals surface area contributed by atoms with Crippen LogP contribution in [0.1, 0.15) is 45.0 Å². The van der Waals surface area contributed by atoms with Gasteiger partial charge in [0.1, 0.15) is 29.5 Å². The van der Waals surface area contributed by atoms with E-state index in [-0.39, 0.29) is 17.2 Å². The summed E-state index contributed by atoms with van der Waals surface area (Å²) in [5.41, 5.74) is 6.64. The number of carbonyl (C=O) groups is 1. The molecule has 3 aromatic carbocycles. The lowest BCUT2D eigenvalue weighted by atomic mass is 9.98. The molecule has 0 aliphatic carbocycles. The number of carbonyl (C=O) groups excluding carboxylic acids is 1. The molecular formula is C37H36ClN5O5S. The molecule has 0 aliphatic rings. The van der Waals surface area contributed by atoms with Crippen LogP contribution in [0.4, 0.5) is 0 Å². The second kappa shape index (κ2) is 14.2. The van der Waals surface area contributed by atoms with Gasteiger partial charge in [0.2, 0.25) is 0 Å². The molecule has 0 saturated carbocycles. The number of sulfonamides is 1. The first kappa shape index (κ1) is 33.8. The Morgan fingerprint density at radius 3 is 2.43 bits per heavy atom. The minimum absolute atomic E-state index is 0.00658. The maximum Gasteiger partial charge on any atom is 0.281 e. The molecule has 0 bridgehead atoms. The average Bonchev–Trinajstić information content (AvgIpc) is 3.61. The third kappa shape index (κ3) is 7.18. The molecule has 10 nitrogen and oxygen atoms in total. The van der Waals surface area contributed by atoms with Crippen LogP contribution >= 0.6 is 11.6 Å². The molecule has 12 heteroatoms. The molecule has 6 rings (SSSR count). The maximum absolute atomic E-state index is 13.8. The molecule has 49 heavy (non-hydrogen) atoms. The number of aromatic amines is 1. The first-order valence-electron chi connectivity index (χ1n) is 15.7. The van der Waals surface area contributed by atoms with Gasteiger partial charge in [-0.3, -0.25) is 14.5 Å². The Morgan fingerprint density at radius 1 is 0.959 bits per heavy atom. The lowest BCUT2D eigenvalue weighted by Crippen LogP contribution is -2.31. The lowest BCUT2D eigenvalue weighted by Gasteiger charge is -2.11. The Morgan fingerprint density at radius 2 is 1.71 bits per heavy atom. The topological polar surface area (TPSA) is 128 Å². The zero-order valence-electron chi connectivity index (χ0n) is 27.6. The molecular weight excluding hydrogens is 662 g/mol. The number of benzene rings is 3. The van der Waals surface area contributed by atoms with E-state index in [1.54, 1.807) is 41.3 Å². The van der Waals surface area contributed by atoms with Crippen molar-refractivity contribution in [1.82, 2.24) is 24.5 Å². The smallest absolute Gasteiger partial charge is 0.281 e. The third-order valence-electron chi connectivity index (χ3n) is 8.38. The number of aryl methyl sites for hydroxylation is 4. The zero-order chi connectivity index (χ0) is 34.7. The van der Waals surface area contributed by atoms with Crippen molar-refractivity contribution in [2.45, 2.75) is 45.1 Å². The fraction of sp³-hybridized carbons (Fsp3) is 0.216. The van der Waals surface area contributed by atoms with Crippen LogP contribution in [0.5, 0.6) is 11.5 Å². The molecule has 3 heterocycles. The van der Waals surface area contributed by atoms with E-state index in [4.69, 9.17) is 26.2 Å². The molecule has 252 valence electrons. The van der Waals surface area contributed by atoms with Crippen molar-refractivity contribution >= 4 is 38.4 Å². The molecule has 0 atom stereocenters. The number of hydrogen-bond donors (Lipinski definition) is 2. The van der Waals surface area contributed by atoms with Crippen LogP contribution in [0.25, 0.3) is 22.0 Å². The highest BCUT2D eigenvalue weighted by atomic mass is 35.5. The number of nitrogens with one attached hydrogen (secondary N) is 2. The van der Waals surface area contributed by atoms with E-state index < -0.39 is 15.9 Å². The number of ether oxygens (including phenoxy) is 2. The predicted molar refractivity (Wildman–Crippen MR) is 190 cm³/mol. The largest absolute Gasteiger partial charge is 0.494 e. The normalized spacial score (nSPS) is 11.5. The number of nitrogens with zero attached hydrogens (tertiary/aromatic N) is 3. The summed E-state index contributed by atoms with van der Waals surface area (Å²) in [6, 6.07) is 21.0. The summed E-state index contributed by atoms with van der Waals surface area (Å²) in [4.78, 5) is 21.2. The van der Waals surface area contributed by atoms with Gasteiger partial charge in [-0.1, -0.05) is 48.0 Å². The summed E-state index contributed by atoms with van der Waals surface area (Å²) in [5, 5.41) is 6.24. The van der Waals surface area contributed by atoms with Crippen molar-refractivity contribution in [1.29, 1.82) is 0 Å². The fourth-order valence-corrected chi connectivity index (χ4v) is 7.00. The minimum Gasteiger partial charge on any atom is -0.494 e. The minimum atomic E-state index is -4.13. The zero-order valence-corrected chi connectivity index (χ0v) is 29.2. The number of hydrogen-bond acceptors (Lipinski definition) is 7. The van der Waals surface area contributed by atoms with Crippen LogP contribution in [0.2, 0.25) is 5.02 Å². The van der Waals surface area contributed by atoms with E-state index in [2.05, 4.69) is 14.7 Å². The molecule has 0 aliphatic heterocycles. The molecule has 6 aromatic rings. The second-order valence-electron chi connectivity index (χ2n) is 11.8. The van der Waals surface area contributed by atoms with E-state index in [0.717, 1.165) is 33.3 Å². The van der Waals surface area contributed by atoms with Crippen molar-refractivity contribution in [3.8, 4) is 22.6 Å². The van der Waals surface area contributed by atoms with E-state index in [1.807, 2.05) is 64.2 Å². The van der Waals surface area contributed by atoms with E-state index in [9.17, 15) is 13.2 Å². The van der Waals surface area contributed by atoms with Crippen molar-refractivity contribution in [3.63, 3.8) is 0 Å². The summed E-state index contributed by atoms with van der Waals surface area (Å²) < 4.78 is 42.5. The van der Waals surface area contributed by atoms with Crippen LogP contribution in [-0.2, 0) is 30.1 Å². The van der Waals surface area contributed by atoms with Crippen LogP contribution in [0.3, 0.4) is 0 Å². The van der Waals surface area contributed by atoms with E-state index >= 15 is 0 Å². The number of fused-ring (bicyclic) bond motifs is 1. The van der Waals surface area contributed by atoms with E-state index in [0.29, 0.717) is 52.7 Å². The van der Waals surface area contributed by atoms with Crippen molar-refractivity contribution in [2.24, 2.45) is 7.05 Å². The number of rotatable bonds is 12. The Balaban J connectivity index is 1.36. The molecule has 0 saturated heterocycles.